The van der Waals surface area contributed by atoms with Crippen LogP contribution in [-0.2, 0) is 9.53 Å². The summed E-state index contributed by atoms with van der Waals surface area (Å²) in [4.78, 5) is 14.6. The number of likely N-dealkylation sites (tertiary alicyclic amines) is 1. The Hall–Kier alpha value is -1.31. The number of allylic oxidation sites excluding steroid dienone is 1. The maximum Gasteiger partial charge on any atom is 0.355 e. The van der Waals surface area contributed by atoms with Crippen LogP contribution in [0, 0.1) is 11.8 Å². The molecule has 4 nitrogen and oxygen atoms in total. The molecule has 0 aromatic heterocycles. The normalized spacial score (nSPS) is 23.4. The number of aliphatic hydroxyl groups is 1. The molecule has 1 aliphatic heterocycles. The zero-order chi connectivity index (χ0) is 14.6. The Labute approximate surface area is 120 Å². The number of hydrogen-bond acceptors (Lipinski definition) is 4. The predicted molar refractivity (Wildman–Crippen MR) is 76.9 cm³/mol. The Kier molecular flexibility index (Phi) is 4.85. The van der Waals surface area contributed by atoms with Gasteiger partial charge in [0.25, 0.3) is 0 Å². The fourth-order valence-electron chi connectivity index (χ4n) is 2.78. The molecule has 0 aromatic rings. The van der Waals surface area contributed by atoms with E-state index in [0.29, 0.717) is 12.0 Å². The standard InChI is InChI=1S/C16H23NO3/c1-3-10-16(19,13-6-4-5-7-13)15(18)20-14-8-11-17(2)12-9-14/h6,14,19H,4-5,7-9,11-12H2,1-2H3. The molecule has 20 heavy (non-hydrogen) atoms. The van der Waals surface area contributed by atoms with E-state index in [4.69, 9.17) is 4.74 Å². The van der Waals surface area contributed by atoms with E-state index in [2.05, 4.69) is 23.8 Å². The maximum atomic E-state index is 12.4. The highest BCUT2D eigenvalue weighted by Crippen LogP contribution is 2.30. The molecule has 110 valence electrons. The molecule has 1 fully saturated rings. The number of carbonyl (C=O) groups excluding carboxylic acids is 1. The summed E-state index contributed by atoms with van der Waals surface area (Å²) in [6, 6.07) is 0. The molecule has 1 heterocycles. The van der Waals surface area contributed by atoms with Crippen LogP contribution in [0.15, 0.2) is 11.6 Å². The fourth-order valence-corrected chi connectivity index (χ4v) is 2.78. The second kappa shape index (κ2) is 6.43. The Morgan fingerprint density at radius 3 is 2.75 bits per heavy atom. The van der Waals surface area contributed by atoms with Gasteiger partial charge in [0, 0.05) is 13.1 Å². The first kappa shape index (κ1) is 15.1. The minimum absolute atomic E-state index is 0.106. The third kappa shape index (κ3) is 3.23. The molecule has 0 bridgehead atoms. The molecule has 1 unspecified atom stereocenters. The van der Waals surface area contributed by atoms with Crippen LogP contribution in [0.1, 0.15) is 39.0 Å². The van der Waals surface area contributed by atoms with Crippen molar-refractivity contribution in [2.45, 2.75) is 50.7 Å². The van der Waals surface area contributed by atoms with E-state index >= 15 is 0 Å². The van der Waals surface area contributed by atoms with Gasteiger partial charge in [0.1, 0.15) is 6.10 Å². The smallest absolute Gasteiger partial charge is 0.355 e. The molecule has 0 spiro atoms. The Bertz CT molecular complexity index is 452. The summed E-state index contributed by atoms with van der Waals surface area (Å²) in [5.41, 5.74) is -1.04. The van der Waals surface area contributed by atoms with E-state index in [0.717, 1.165) is 38.8 Å². The fraction of sp³-hybridized carbons (Fsp3) is 0.688. The number of nitrogens with zero attached hydrogens (tertiary/aromatic N) is 1. The largest absolute Gasteiger partial charge is 0.459 e. The van der Waals surface area contributed by atoms with Crippen LogP contribution in [0.5, 0.6) is 0 Å². The van der Waals surface area contributed by atoms with Gasteiger partial charge in [-0.15, -0.1) is 5.92 Å². The third-order valence-corrected chi connectivity index (χ3v) is 4.05. The molecular weight excluding hydrogens is 254 g/mol. The lowest BCUT2D eigenvalue weighted by Gasteiger charge is -2.31. The first-order chi connectivity index (χ1) is 9.56. The second-order valence-corrected chi connectivity index (χ2v) is 5.61. The zero-order valence-corrected chi connectivity index (χ0v) is 12.3. The van der Waals surface area contributed by atoms with Gasteiger partial charge in [-0.05, 0) is 51.6 Å². The van der Waals surface area contributed by atoms with Crippen LogP contribution >= 0.6 is 0 Å². The van der Waals surface area contributed by atoms with Crippen LogP contribution < -0.4 is 0 Å². The van der Waals surface area contributed by atoms with Crippen molar-refractivity contribution in [3.8, 4) is 11.8 Å². The number of carbonyl (C=O) groups is 1. The van der Waals surface area contributed by atoms with Gasteiger partial charge in [-0.1, -0.05) is 12.0 Å². The van der Waals surface area contributed by atoms with Crippen LogP contribution in [0.4, 0.5) is 0 Å². The lowest BCUT2D eigenvalue weighted by Crippen LogP contribution is -2.44. The molecular formula is C16H23NO3. The number of rotatable bonds is 3. The Morgan fingerprint density at radius 1 is 1.50 bits per heavy atom. The third-order valence-electron chi connectivity index (χ3n) is 4.05. The predicted octanol–water partition coefficient (Wildman–Crippen LogP) is 1.49. The first-order valence-corrected chi connectivity index (χ1v) is 7.31. The highest BCUT2D eigenvalue weighted by Gasteiger charge is 2.42. The van der Waals surface area contributed by atoms with E-state index in [9.17, 15) is 9.90 Å². The van der Waals surface area contributed by atoms with Crippen LogP contribution in [-0.4, -0.2) is 47.8 Å². The van der Waals surface area contributed by atoms with Gasteiger partial charge in [-0.25, -0.2) is 4.79 Å². The molecule has 1 N–H and O–H groups in total. The van der Waals surface area contributed by atoms with Crippen molar-refractivity contribution in [1.82, 2.24) is 4.90 Å². The maximum absolute atomic E-state index is 12.4. The molecule has 0 amide bonds. The molecule has 4 heteroatoms. The average molecular weight is 277 g/mol. The highest BCUT2D eigenvalue weighted by molar-refractivity contribution is 5.88. The summed E-state index contributed by atoms with van der Waals surface area (Å²) in [6.07, 6.45) is 6.02. The van der Waals surface area contributed by atoms with Gasteiger partial charge in [-0.2, -0.15) is 0 Å². The number of ether oxygens (including phenoxy) is 1. The van der Waals surface area contributed by atoms with Gasteiger partial charge in [-0.3, -0.25) is 0 Å². The molecule has 1 saturated heterocycles. The summed E-state index contributed by atoms with van der Waals surface area (Å²) in [5.74, 6) is 4.71. The lowest BCUT2D eigenvalue weighted by atomic mass is 9.93. The number of hydrogen-bond donors (Lipinski definition) is 1. The molecule has 1 atom stereocenters. The molecule has 2 aliphatic rings. The summed E-state index contributed by atoms with van der Waals surface area (Å²) in [5, 5.41) is 10.6. The van der Waals surface area contributed by atoms with Crippen molar-refractivity contribution >= 4 is 5.97 Å². The summed E-state index contributed by atoms with van der Waals surface area (Å²) in [7, 11) is 2.06. The average Bonchev–Trinajstić information content (AvgIpc) is 2.96. The summed E-state index contributed by atoms with van der Waals surface area (Å²) < 4.78 is 5.51. The zero-order valence-electron chi connectivity index (χ0n) is 12.3. The Balaban J connectivity index is 2.05. The van der Waals surface area contributed by atoms with E-state index < -0.39 is 11.6 Å². The van der Waals surface area contributed by atoms with E-state index in [-0.39, 0.29) is 6.10 Å². The Morgan fingerprint density at radius 2 is 2.20 bits per heavy atom. The quantitative estimate of drug-likeness (QED) is 0.482. The van der Waals surface area contributed by atoms with Gasteiger partial charge in [0.2, 0.25) is 5.60 Å². The van der Waals surface area contributed by atoms with Crippen molar-refractivity contribution in [2.75, 3.05) is 20.1 Å². The van der Waals surface area contributed by atoms with Gasteiger partial charge in [0.15, 0.2) is 0 Å². The molecule has 2 rings (SSSR count). The first-order valence-electron chi connectivity index (χ1n) is 7.31. The van der Waals surface area contributed by atoms with Gasteiger partial charge < -0.3 is 14.7 Å². The molecule has 1 aliphatic carbocycles. The van der Waals surface area contributed by atoms with E-state index in [1.165, 1.54) is 0 Å². The van der Waals surface area contributed by atoms with E-state index in [1.807, 2.05) is 6.08 Å². The monoisotopic (exact) mass is 277 g/mol. The minimum Gasteiger partial charge on any atom is -0.459 e. The summed E-state index contributed by atoms with van der Waals surface area (Å²) in [6.45, 7) is 3.46. The van der Waals surface area contributed by atoms with Crippen molar-refractivity contribution in [3.63, 3.8) is 0 Å². The topological polar surface area (TPSA) is 49.8 Å². The van der Waals surface area contributed by atoms with Gasteiger partial charge in [0.05, 0.1) is 0 Å². The van der Waals surface area contributed by atoms with Crippen LogP contribution in [0.3, 0.4) is 0 Å². The van der Waals surface area contributed by atoms with Crippen molar-refractivity contribution in [2.24, 2.45) is 0 Å². The lowest BCUT2D eigenvalue weighted by molar-refractivity contribution is -0.164. The minimum atomic E-state index is -1.74. The van der Waals surface area contributed by atoms with Crippen molar-refractivity contribution < 1.29 is 14.6 Å². The van der Waals surface area contributed by atoms with Crippen LogP contribution in [0.25, 0.3) is 0 Å². The molecule has 0 saturated carbocycles. The van der Waals surface area contributed by atoms with E-state index in [1.54, 1.807) is 6.92 Å². The molecule has 0 radical (unpaired) electrons. The highest BCUT2D eigenvalue weighted by atomic mass is 16.6. The van der Waals surface area contributed by atoms with Gasteiger partial charge >= 0.3 is 5.97 Å². The number of piperidine rings is 1. The number of esters is 1. The second-order valence-electron chi connectivity index (χ2n) is 5.61. The SMILES string of the molecule is CC#CC(O)(C(=O)OC1CCN(C)CC1)C1=CCCC1. The van der Waals surface area contributed by atoms with Crippen molar-refractivity contribution in [1.29, 1.82) is 0 Å². The molecule has 0 aromatic carbocycles. The summed E-state index contributed by atoms with van der Waals surface area (Å²) >= 11 is 0. The van der Waals surface area contributed by atoms with Crippen LogP contribution in [0.2, 0.25) is 0 Å². The van der Waals surface area contributed by atoms with Crippen molar-refractivity contribution in [3.05, 3.63) is 11.6 Å².